The highest BCUT2D eigenvalue weighted by atomic mass is 127. The molecule has 2 aromatic rings. The normalized spacial score (nSPS) is 14.5. The molecule has 0 bridgehead atoms. The molecule has 2 heterocycles. The van der Waals surface area contributed by atoms with Crippen LogP contribution < -0.4 is 15.5 Å². The van der Waals surface area contributed by atoms with Gasteiger partial charge in [0.1, 0.15) is 0 Å². The van der Waals surface area contributed by atoms with Gasteiger partial charge in [0.2, 0.25) is 0 Å². The smallest absolute Gasteiger partial charge is 0.191 e. The molecule has 0 radical (unpaired) electrons. The van der Waals surface area contributed by atoms with Gasteiger partial charge >= 0.3 is 0 Å². The van der Waals surface area contributed by atoms with Gasteiger partial charge in [-0.3, -0.25) is 0 Å². The van der Waals surface area contributed by atoms with Crippen LogP contribution in [0, 0.1) is 0 Å². The monoisotopic (exact) mass is 514 g/mol. The first-order valence-electron chi connectivity index (χ1n) is 9.80. The fraction of sp³-hybridized carbons (Fsp3) is 0.476. The molecule has 0 unspecified atom stereocenters. The molecule has 1 aromatic carbocycles. The van der Waals surface area contributed by atoms with E-state index in [4.69, 9.17) is 9.73 Å². The zero-order chi connectivity index (χ0) is 18.9. The van der Waals surface area contributed by atoms with Gasteiger partial charge in [0, 0.05) is 35.1 Å². The Kier molecular flexibility index (Phi) is 10.1. The number of rotatable bonds is 7. The Balaban J connectivity index is 0.00000280. The van der Waals surface area contributed by atoms with Gasteiger partial charge in [0.15, 0.2) is 5.96 Å². The topological polar surface area (TPSA) is 48.9 Å². The molecular weight excluding hydrogens is 483 g/mol. The van der Waals surface area contributed by atoms with E-state index >= 15 is 0 Å². The first kappa shape index (κ1) is 23.0. The molecule has 3 rings (SSSR count). The van der Waals surface area contributed by atoms with Gasteiger partial charge in [-0.05, 0) is 37.1 Å². The molecule has 7 heteroatoms. The molecule has 0 atom stereocenters. The number of hydrogen-bond donors (Lipinski definition) is 2. The van der Waals surface area contributed by atoms with E-state index in [0.717, 1.165) is 51.8 Å². The summed E-state index contributed by atoms with van der Waals surface area (Å²) in [4.78, 5) is 9.98. The van der Waals surface area contributed by atoms with Crippen molar-refractivity contribution < 1.29 is 4.74 Å². The third kappa shape index (κ3) is 6.63. The van der Waals surface area contributed by atoms with Gasteiger partial charge in [-0.2, -0.15) is 0 Å². The number of para-hydroxylation sites is 1. The minimum Gasteiger partial charge on any atom is -0.378 e. The first-order chi connectivity index (χ1) is 13.3. The summed E-state index contributed by atoms with van der Waals surface area (Å²) < 4.78 is 5.49. The predicted octanol–water partition coefficient (Wildman–Crippen LogP) is 4.02. The summed E-state index contributed by atoms with van der Waals surface area (Å²) >= 11 is 1.86. The number of hydrogen-bond acceptors (Lipinski definition) is 4. The van der Waals surface area contributed by atoms with Crippen LogP contribution in [0.1, 0.15) is 29.2 Å². The van der Waals surface area contributed by atoms with Crippen molar-refractivity contribution in [3.63, 3.8) is 0 Å². The van der Waals surface area contributed by atoms with Crippen molar-refractivity contribution in [2.45, 2.75) is 33.4 Å². The Hall–Kier alpha value is -1.32. The molecule has 154 valence electrons. The molecule has 0 saturated carbocycles. The van der Waals surface area contributed by atoms with Crippen molar-refractivity contribution in [3.8, 4) is 0 Å². The van der Waals surface area contributed by atoms with E-state index < -0.39 is 0 Å². The number of ether oxygens (including phenoxy) is 1. The minimum absolute atomic E-state index is 0. The van der Waals surface area contributed by atoms with E-state index in [1.165, 1.54) is 21.0 Å². The highest BCUT2D eigenvalue weighted by Gasteiger charge is 2.14. The van der Waals surface area contributed by atoms with Crippen LogP contribution in [0.2, 0.25) is 0 Å². The highest BCUT2D eigenvalue weighted by molar-refractivity contribution is 14.0. The van der Waals surface area contributed by atoms with Gasteiger partial charge in [0.05, 0.1) is 26.3 Å². The van der Waals surface area contributed by atoms with Crippen LogP contribution in [-0.2, 0) is 24.2 Å². The van der Waals surface area contributed by atoms with Gasteiger partial charge in [-0.25, -0.2) is 4.99 Å². The number of nitrogens with one attached hydrogen (secondary N) is 2. The number of nitrogens with zero attached hydrogens (tertiary/aromatic N) is 2. The van der Waals surface area contributed by atoms with Gasteiger partial charge in [-0.1, -0.05) is 25.1 Å². The molecule has 1 fully saturated rings. The van der Waals surface area contributed by atoms with Crippen molar-refractivity contribution >= 4 is 47.0 Å². The number of morpholine rings is 1. The second kappa shape index (κ2) is 12.3. The average molecular weight is 514 g/mol. The quantitative estimate of drug-likeness (QED) is 0.333. The fourth-order valence-corrected chi connectivity index (χ4v) is 4.04. The zero-order valence-electron chi connectivity index (χ0n) is 16.7. The lowest BCUT2D eigenvalue weighted by Gasteiger charge is -2.30. The Morgan fingerprint density at radius 3 is 2.54 bits per heavy atom. The number of benzene rings is 1. The molecule has 1 aliphatic rings. The van der Waals surface area contributed by atoms with Crippen molar-refractivity contribution in [1.82, 2.24) is 10.6 Å². The number of guanidine groups is 1. The van der Waals surface area contributed by atoms with E-state index in [1.54, 1.807) is 0 Å². The molecule has 0 aliphatic carbocycles. The second-order valence-corrected chi connectivity index (χ2v) is 7.75. The molecule has 2 N–H and O–H groups in total. The second-order valence-electron chi connectivity index (χ2n) is 6.50. The Labute approximate surface area is 189 Å². The van der Waals surface area contributed by atoms with Crippen molar-refractivity contribution in [1.29, 1.82) is 0 Å². The summed E-state index contributed by atoms with van der Waals surface area (Å²) in [6.45, 7) is 10.1. The van der Waals surface area contributed by atoms with Crippen LogP contribution in [0.4, 0.5) is 5.69 Å². The fourth-order valence-electron chi connectivity index (χ4n) is 3.14. The highest BCUT2D eigenvalue weighted by Crippen LogP contribution is 2.22. The van der Waals surface area contributed by atoms with E-state index in [9.17, 15) is 0 Å². The van der Waals surface area contributed by atoms with Crippen LogP contribution in [-0.4, -0.2) is 38.8 Å². The van der Waals surface area contributed by atoms with E-state index in [2.05, 4.69) is 65.8 Å². The maximum Gasteiger partial charge on any atom is 0.191 e. The molecule has 0 amide bonds. The lowest BCUT2D eigenvalue weighted by atomic mass is 10.1. The van der Waals surface area contributed by atoms with Crippen LogP contribution in [0.5, 0.6) is 0 Å². The molecule has 1 aromatic heterocycles. The summed E-state index contributed by atoms with van der Waals surface area (Å²) in [6.07, 6.45) is 1.09. The maximum atomic E-state index is 5.49. The van der Waals surface area contributed by atoms with Crippen LogP contribution in [0.3, 0.4) is 0 Å². The lowest BCUT2D eigenvalue weighted by molar-refractivity contribution is 0.122. The van der Waals surface area contributed by atoms with Crippen LogP contribution in [0.25, 0.3) is 0 Å². The Bertz CT molecular complexity index is 744. The van der Waals surface area contributed by atoms with Gasteiger partial charge in [0.25, 0.3) is 0 Å². The molecule has 0 spiro atoms. The van der Waals surface area contributed by atoms with Crippen molar-refractivity contribution in [3.05, 3.63) is 51.7 Å². The largest absolute Gasteiger partial charge is 0.378 e. The zero-order valence-corrected chi connectivity index (χ0v) is 19.9. The SMILES string of the molecule is CCNC(=NCc1ccccc1N1CCOCC1)NCc1ccc(CC)s1.I. The summed E-state index contributed by atoms with van der Waals surface area (Å²) in [5.74, 6) is 0.862. The summed E-state index contributed by atoms with van der Waals surface area (Å²) in [7, 11) is 0. The molecule has 28 heavy (non-hydrogen) atoms. The number of aryl methyl sites for hydroxylation is 1. The summed E-state index contributed by atoms with van der Waals surface area (Å²) in [6, 6.07) is 13.0. The number of aliphatic imine (C=N–C) groups is 1. The minimum atomic E-state index is 0. The number of halogens is 1. The molecule has 1 saturated heterocycles. The Morgan fingerprint density at radius 2 is 1.82 bits per heavy atom. The third-order valence-corrected chi connectivity index (χ3v) is 5.82. The van der Waals surface area contributed by atoms with E-state index in [0.29, 0.717) is 6.54 Å². The maximum absolute atomic E-state index is 5.49. The lowest BCUT2D eigenvalue weighted by Crippen LogP contribution is -2.37. The molecule has 1 aliphatic heterocycles. The average Bonchev–Trinajstić information content (AvgIpc) is 3.19. The van der Waals surface area contributed by atoms with E-state index in [1.807, 2.05) is 11.3 Å². The van der Waals surface area contributed by atoms with Crippen molar-refractivity contribution in [2.24, 2.45) is 4.99 Å². The van der Waals surface area contributed by atoms with Gasteiger partial charge in [-0.15, -0.1) is 35.3 Å². The van der Waals surface area contributed by atoms with Crippen LogP contribution in [0.15, 0.2) is 41.4 Å². The summed E-state index contributed by atoms with van der Waals surface area (Å²) in [5.41, 5.74) is 2.52. The van der Waals surface area contributed by atoms with E-state index in [-0.39, 0.29) is 24.0 Å². The standard InChI is InChI=1S/C21H30N4OS.HI/c1-3-18-9-10-19(27-18)16-24-21(22-4-2)23-15-17-7-5-6-8-20(17)25-11-13-26-14-12-25;/h5-10H,3-4,11-16H2,1-2H3,(H2,22,23,24);1H. The van der Waals surface area contributed by atoms with Crippen molar-refractivity contribution in [2.75, 3.05) is 37.7 Å². The van der Waals surface area contributed by atoms with Crippen LogP contribution >= 0.6 is 35.3 Å². The van der Waals surface area contributed by atoms with Gasteiger partial charge < -0.3 is 20.3 Å². The predicted molar refractivity (Wildman–Crippen MR) is 130 cm³/mol. The number of anilines is 1. The number of thiophene rings is 1. The molecular formula is C21H31IN4OS. The third-order valence-electron chi connectivity index (χ3n) is 4.59. The summed E-state index contributed by atoms with van der Waals surface area (Å²) in [5, 5.41) is 6.81. The Morgan fingerprint density at radius 1 is 1.07 bits per heavy atom. The first-order valence-corrected chi connectivity index (χ1v) is 10.6. The molecule has 5 nitrogen and oxygen atoms in total.